The summed E-state index contributed by atoms with van der Waals surface area (Å²) >= 11 is 0. The molecule has 0 aliphatic carbocycles. The molecule has 2 amide bonds. The summed E-state index contributed by atoms with van der Waals surface area (Å²) in [5.41, 5.74) is 3.00. The summed E-state index contributed by atoms with van der Waals surface area (Å²) < 4.78 is 24.4. The third-order valence-corrected chi connectivity index (χ3v) is 6.25. The van der Waals surface area contributed by atoms with E-state index < -0.39 is 5.54 Å². The molecule has 0 radical (unpaired) electrons. The van der Waals surface area contributed by atoms with Gasteiger partial charge in [-0.1, -0.05) is 13.8 Å². The van der Waals surface area contributed by atoms with E-state index in [2.05, 4.69) is 0 Å². The van der Waals surface area contributed by atoms with Crippen molar-refractivity contribution in [2.24, 2.45) is 0 Å². The molecule has 3 heterocycles. The molecule has 3 aromatic rings. The van der Waals surface area contributed by atoms with Crippen LogP contribution in [0.2, 0.25) is 0 Å². The summed E-state index contributed by atoms with van der Waals surface area (Å²) in [4.78, 5) is 33.9. The highest BCUT2D eigenvalue weighted by Crippen LogP contribution is 2.33. The number of amides is 2. The Morgan fingerprint density at radius 2 is 1.88 bits per heavy atom. The molecule has 0 N–H and O–H groups in total. The van der Waals surface area contributed by atoms with Crippen molar-refractivity contribution < 1.29 is 23.1 Å². The van der Waals surface area contributed by atoms with Crippen molar-refractivity contribution in [3.63, 3.8) is 0 Å². The van der Waals surface area contributed by atoms with Crippen LogP contribution in [0.1, 0.15) is 49.7 Å². The molecule has 4 rings (SSSR count). The van der Waals surface area contributed by atoms with Crippen LogP contribution in [0.15, 0.2) is 40.8 Å². The Balaban J connectivity index is 1.67. The SMILES string of the molecule is COCC(=O)N1CCN(C(=O)c2cc3nc(-c4ccc(F)cc4)cc(C(C)C)c3o2)C(C)(C)C1. The molecule has 2 aromatic heterocycles. The number of ether oxygens (including phenoxy) is 1. The molecule has 8 heteroatoms. The second kappa shape index (κ2) is 9.18. The minimum Gasteiger partial charge on any atom is -0.449 e. The number of hydrogen-bond acceptors (Lipinski definition) is 5. The number of benzene rings is 1. The maximum absolute atomic E-state index is 13.5. The average Bonchev–Trinajstić information content (AvgIpc) is 3.22. The van der Waals surface area contributed by atoms with Gasteiger partial charge < -0.3 is 19.0 Å². The van der Waals surface area contributed by atoms with Crippen molar-refractivity contribution in [1.29, 1.82) is 0 Å². The van der Waals surface area contributed by atoms with Gasteiger partial charge in [0.05, 0.1) is 11.2 Å². The quantitative estimate of drug-likeness (QED) is 0.554. The van der Waals surface area contributed by atoms with Gasteiger partial charge in [-0.3, -0.25) is 9.59 Å². The molecule has 0 bridgehead atoms. The highest BCUT2D eigenvalue weighted by atomic mass is 19.1. The number of hydrogen-bond donors (Lipinski definition) is 0. The summed E-state index contributed by atoms with van der Waals surface area (Å²) in [7, 11) is 1.49. The molecule has 0 unspecified atom stereocenters. The molecule has 1 aromatic carbocycles. The smallest absolute Gasteiger partial charge is 0.290 e. The lowest BCUT2D eigenvalue weighted by molar-refractivity contribution is -0.139. The van der Waals surface area contributed by atoms with E-state index in [1.807, 2.05) is 33.8 Å². The van der Waals surface area contributed by atoms with E-state index in [1.54, 1.807) is 28.0 Å². The predicted molar refractivity (Wildman–Crippen MR) is 127 cm³/mol. The van der Waals surface area contributed by atoms with E-state index in [-0.39, 0.29) is 35.9 Å². The number of aromatic nitrogens is 1. The first-order valence-electron chi connectivity index (χ1n) is 11.4. The van der Waals surface area contributed by atoms with Crippen LogP contribution in [0.5, 0.6) is 0 Å². The van der Waals surface area contributed by atoms with Gasteiger partial charge >= 0.3 is 0 Å². The number of fused-ring (bicyclic) bond motifs is 1. The monoisotopic (exact) mass is 467 g/mol. The first kappa shape index (κ1) is 23.9. The molecule has 0 atom stereocenters. The first-order valence-corrected chi connectivity index (χ1v) is 11.4. The van der Waals surface area contributed by atoms with Gasteiger partial charge in [-0.2, -0.15) is 0 Å². The molecule has 1 saturated heterocycles. The van der Waals surface area contributed by atoms with Gasteiger partial charge in [0.1, 0.15) is 17.9 Å². The first-order chi connectivity index (χ1) is 16.1. The van der Waals surface area contributed by atoms with Gasteiger partial charge in [0.15, 0.2) is 11.3 Å². The minimum absolute atomic E-state index is 0.0215. The summed E-state index contributed by atoms with van der Waals surface area (Å²) in [5.74, 6) is -0.293. The fourth-order valence-corrected chi connectivity index (χ4v) is 4.44. The van der Waals surface area contributed by atoms with E-state index >= 15 is 0 Å². The molecule has 1 fully saturated rings. The molecule has 7 nitrogen and oxygen atoms in total. The third kappa shape index (κ3) is 4.55. The normalized spacial score (nSPS) is 15.9. The van der Waals surface area contributed by atoms with Crippen molar-refractivity contribution in [3.05, 3.63) is 53.5 Å². The molecule has 1 aliphatic heterocycles. The van der Waals surface area contributed by atoms with E-state index in [9.17, 15) is 14.0 Å². The Kier molecular flexibility index (Phi) is 6.45. The van der Waals surface area contributed by atoms with Gasteiger partial charge in [0, 0.05) is 43.9 Å². The van der Waals surface area contributed by atoms with Gasteiger partial charge in [-0.15, -0.1) is 0 Å². The van der Waals surface area contributed by atoms with Crippen LogP contribution in [0.3, 0.4) is 0 Å². The van der Waals surface area contributed by atoms with Crippen LogP contribution in [0, 0.1) is 5.82 Å². The highest BCUT2D eigenvalue weighted by Gasteiger charge is 2.39. The van der Waals surface area contributed by atoms with Crippen molar-refractivity contribution in [2.75, 3.05) is 33.4 Å². The zero-order valence-corrected chi connectivity index (χ0v) is 20.2. The standard InChI is InChI=1S/C26H30FN3O4/c1-16(2)19-12-20(17-6-8-18(27)9-7-17)28-21-13-22(34-24(19)21)25(32)30-11-10-29(15-26(30,3)4)23(31)14-33-5/h6-9,12-13,16H,10-11,14-15H2,1-5H3. The number of pyridine rings is 1. The lowest BCUT2D eigenvalue weighted by Gasteiger charge is -2.46. The third-order valence-electron chi connectivity index (χ3n) is 6.25. The van der Waals surface area contributed by atoms with E-state index in [4.69, 9.17) is 14.1 Å². The fourth-order valence-electron chi connectivity index (χ4n) is 4.44. The number of piperazine rings is 1. The van der Waals surface area contributed by atoms with Crippen LogP contribution < -0.4 is 0 Å². The summed E-state index contributed by atoms with van der Waals surface area (Å²) in [5, 5.41) is 0. The lowest BCUT2D eigenvalue weighted by atomic mass is 9.98. The number of furan rings is 1. The second-order valence-electron chi connectivity index (χ2n) is 9.60. The van der Waals surface area contributed by atoms with E-state index in [0.717, 1.165) is 11.1 Å². The Bertz CT molecular complexity index is 1220. The number of rotatable bonds is 5. The fraction of sp³-hybridized carbons (Fsp3) is 0.423. The number of methoxy groups -OCH3 is 1. The minimum atomic E-state index is -0.578. The van der Waals surface area contributed by atoms with Crippen molar-refractivity contribution in [2.45, 2.75) is 39.2 Å². The van der Waals surface area contributed by atoms with Crippen molar-refractivity contribution in [1.82, 2.24) is 14.8 Å². The maximum atomic E-state index is 13.5. The van der Waals surface area contributed by atoms with Crippen LogP contribution in [-0.4, -0.2) is 65.5 Å². The topological polar surface area (TPSA) is 75.9 Å². The van der Waals surface area contributed by atoms with Crippen molar-refractivity contribution >= 4 is 22.9 Å². The second-order valence-corrected chi connectivity index (χ2v) is 9.60. The molecule has 34 heavy (non-hydrogen) atoms. The Morgan fingerprint density at radius 1 is 1.18 bits per heavy atom. The Hall–Kier alpha value is -3.26. The van der Waals surface area contributed by atoms with Gasteiger partial charge in [0.25, 0.3) is 5.91 Å². The van der Waals surface area contributed by atoms with Crippen molar-refractivity contribution in [3.8, 4) is 11.3 Å². The van der Waals surface area contributed by atoms with Crippen LogP contribution in [0.4, 0.5) is 4.39 Å². The molecule has 0 saturated carbocycles. The molecule has 0 spiro atoms. The number of carbonyl (C=O) groups is 2. The molecular weight excluding hydrogens is 437 g/mol. The highest BCUT2D eigenvalue weighted by molar-refractivity contribution is 5.97. The lowest BCUT2D eigenvalue weighted by Crippen LogP contribution is -2.62. The molecule has 1 aliphatic rings. The zero-order valence-electron chi connectivity index (χ0n) is 20.2. The Labute approximate surface area is 198 Å². The van der Waals surface area contributed by atoms with E-state index in [0.29, 0.717) is 36.4 Å². The maximum Gasteiger partial charge on any atom is 0.290 e. The van der Waals surface area contributed by atoms with Gasteiger partial charge in [-0.05, 0) is 50.1 Å². The van der Waals surface area contributed by atoms with Crippen LogP contribution >= 0.6 is 0 Å². The summed E-state index contributed by atoms with van der Waals surface area (Å²) in [6, 6.07) is 9.79. The zero-order chi connectivity index (χ0) is 24.6. The number of carbonyl (C=O) groups excluding carboxylic acids is 2. The van der Waals surface area contributed by atoms with E-state index in [1.165, 1.54) is 19.2 Å². The van der Waals surface area contributed by atoms with Crippen LogP contribution in [-0.2, 0) is 9.53 Å². The average molecular weight is 468 g/mol. The largest absolute Gasteiger partial charge is 0.449 e. The number of halogens is 1. The summed E-state index contributed by atoms with van der Waals surface area (Å²) in [6.07, 6.45) is 0. The molecular formula is C26H30FN3O4. The van der Waals surface area contributed by atoms with Gasteiger partial charge in [0.2, 0.25) is 5.91 Å². The summed E-state index contributed by atoms with van der Waals surface area (Å²) in [6.45, 7) is 9.22. The van der Waals surface area contributed by atoms with Gasteiger partial charge in [-0.25, -0.2) is 9.37 Å². The number of nitrogens with zero attached hydrogens (tertiary/aromatic N) is 3. The Morgan fingerprint density at radius 3 is 2.50 bits per heavy atom. The predicted octanol–water partition coefficient (Wildman–Crippen LogP) is 4.47. The molecule has 180 valence electrons. The van der Waals surface area contributed by atoms with Crippen LogP contribution in [0.25, 0.3) is 22.4 Å².